The van der Waals surface area contributed by atoms with Crippen molar-refractivity contribution < 1.29 is 28.5 Å². The maximum atomic E-state index is 3.77. The number of alkyl halides is 1. The molecule has 0 aromatic carbocycles. The molecule has 0 aliphatic carbocycles. The summed E-state index contributed by atoms with van der Waals surface area (Å²) in [4.78, 5) is 0. The smallest absolute Gasteiger partial charge is 0.134 e. The van der Waals surface area contributed by atoms with Gasteiger partial charge in [-0.15, -0.1) is 0 Å². The van der Waals surface area contributed by atoms with E-state index < -0.39 is 0 Å². The van der Waals surface area contributed by atoms with Crippen molar-refractivity contribution in [2.75, 3.05) is 25.6 Å². The zero-order chi connectivity index (χ0) is 17.9. The molecule has 0 aromatic heterocycles. The predicted octanol–water partition coefficient (Wildman–Crippen LogP) is 5.07. The molecule has 0 saturated carbocycles. The summed E-state index contributed by atoms with van der Waals surface area (Å²) in [5.41, 5.74) is 1.12. The van der Waals surface area contributed by atoms with Crippen molar-refractivity contribution in [3.05, 3.63) is 0 Å². The van der Waals surface area contributed by atoms with Gasteiger partial charge >= 0.3 is 0 Å². The Hall–Kier alpha value is 1.17. The van der Waals surface area contributed by atoms with Crippen LogP contribution in [0.4, 0.5) is 0 Å². The highest BCUT2D eigenvalue weighted by Gasteiger charge is 2.18. The van der Waals surface area contributed by atoms with Crippen molar-refractivity contribution in [1.29, 1.82) is 0 Å². The minimum absolute atomic E-state index is 0. The first-order valence-electron chi connectivity index (χ1n) is 11.1. The molecule has 0 aliphatic rings. The van der Waals surface area contributed by atoms with Gasteiger partial charge in [0.2, 0.25) is 0 Å². The molecule has 154 valence electrons. The molecule has 0 aliphatic heterocycles. The summed E-state index contributed by atoms with van der Waals surface area (Å²) in [6.07, 6.45) is 22.9. The zero-order valence-electron chi connectivity index (χ0n) is 17.6. The molecule has 0 saturated heterocycles. The molecule has 0 N–H and O–H groups in total. The number of nitrogens with zero attached hydrogens (tertiary/aromatic N) is 1. The average molecular weight is 532 g/mol. The Bertz CT molecular complexity index is 228. The van der Waals surface area contributed by atoms with Crippen LogP contribution in [-0.4, -0.2) is 30.1 Å². The van der Waals surface area contributed by atoms with E-state index in [1.165, 1.54) is 120 Å². The van der Waals surface area contributed by atoms with Crippen molar-refractivity contribution in [2.45, 2.75) is 117 Å². The topological polar surface area (TPSA) is 0 Å². The van der Waals surface area contributed by atoms with E-state index in [0.29, 0.717) is 0 Å². The van der Waals surface area contributed by atoms with Gasteiger partial charge in [0, 0.05) is 0 Å². The van der Waals surface area contributed by atoms with E-state index in [4.69, 9.17) is 0 Å². The van der Waals surface area contributed by atoms with Crippen LogP contribution >= 0.6 is 15.9 Å². The summed E-state index contributed by atoms with van der Waals surface area (Å²) in [6.45, 7) is 7.31. The van der Waals surface area contributed by atoms with Gasteiger partial charge in [-0.05, 0) is 41.6 Å². The van der Waals surface area contributed by atoms with Crippen molar-refractivity contribution in [3.8, 4) is 0 Å². The number of hydrogen-bond acceptors (Lipinski definition) is 0. The summed E-state index contributed by atoms with van der Waals surface area (Å²) in [6, 6.07) is 0. The normalized spacial score (nSPS) is 11.5. The van der Waals surface area contributed by atoms with E-state index in [0.717, 1.165) is 5.45 Å². The largest absolute Gasteiger partial charge is 1.00 e. The van der Waals surface area contributed by atoms with Crippen LogP contribution in [0.25, 0.3) is 0 Å². The van der Waals surface area contributed by atoms with Crippen LogP contribution in [-0.2, 0) is 0 Å². The molecule has 0 amide bonds. The van der Waals surface area contributed by atoms with Crippen molar-refractivity contribution in [1.82, 2.24) is 0 Å². The number of hydrogen-bond donors (Lipinski definition) is 0. The van der Waals surface area contributed by atoms with Crippen LogP contribution in [0.3, 0.4) is 0 Å². The molecule has 0 radical (unpaired) electrons. The van der Waals surface area contributed by atoms with E-state index in [2.05, 4.69) is 36.8 Å². The van der Waals surface area contributed by atoms with E-state index >= 15 is 0 Å². The third-order valence-corrected chi connectivity index (χ3v) is 6.60. The second kappa shape index (κ2) is 21.5. The van der Waals surface area contributed by atoms with Gasteiger partial charge in [0.25, 0.3) is 0 Å². The van der Waals surface area contributed by atoms with Gasteiger partial charge in [0.1, 0.15) is 5.45 Å². The summed E-state index contributed by atoms with van der Waals surface area (Å²) >= 11 is 3.77. The SMILES string of the molecule is CCCCCCCCCC[N+](C)(CBr)CCCCCCCCCC.[I-]. The number of quaternary nitrogens is 1. The average Bonchev–Trinajstić information content (AvgIpc) is 2.59. The monoisotopic (exact) mass is 531 g/mol. The Balaban J connectivity index is 0. The van der Waals surface area contributed by atoms with Gasteiger partial charge in [0.15, 0.2) is 0 Å². The molecule has 0 spiro atoms. The predicted molar refractivity (Wildman–Crippen MR) is 115 cm³/mol. The van der Waals surface area contributed by atoms with E-state index in [9.17, 15) is 0 Å². The van der Waals surface area contributed by atoms with Crippen LogP contribution < -0.4 is 24.0 Å². The fourth-order valence-electron chi connectivity index (χ4n) is 3.49. The Morgan fingerprint density at radius 1 is 0.520 bits per heavy atom. The first-order valence-corrected chi connectivity index (χ1v) is 12.2. The molecule has 0 bridgehead atoms. The third kappa shape index (κ3) is 19.7. The molecule has 0 fully saturated rings. The molecule has 0 heterocycles. The van der Waals surface area contributed by atoms with Gasteiger partial charge in [-0.2, -0.15) is 0 Å². The lowest BCUT2D eigenvalue weighted by Crippen LogP contribution is -3.00. The highest BCUT2D eigenvalue weighted by molar-refractivity contribution is 9.09. The number of unbranched alkanes of at least 4 members (excludes halogenated alkanes) is 14. The number of halogens is 2. The summed E-state index contributed by atoms with van der Waals surface area (Å²) < 4.78 is 1.23. The Morgan fingerprint density at radius 2 is 0.800 bits per heavy atom. The lowest BCUT2D eigenvalue weighted by Gasteiger charge is -2.32. The molecular formula is C22H47BrIN. The van der Waals surface area contributed by atoms with Crippen LogP contribution in [0.15, 0.2) is 0 Å². The molecule has 0 rings (SSSR count). The molecule has 3 heteroatoms. The molecule has 0 atom stereocenters. The maximum Gasteiger partial charge on any atom is 0.134 e. The van der Waals surface area contributed by atoms with Gasteiger partial charge < -0.3 is 28.5 Å². The highest BCUT2D eigenvalue weighted by Crippen LogP contribution is 2.15. The highest BCUT2D eigenvalue weighted by atomic mass is 127. The van der Waals surface area contributed by atoms with Gasteiger partial charge in [0.05, 0.1) is 20.1 Å². The second-order valence-electron chi connectivity index (χ2n) is 8.14. The van der Waals surface area contributed by atoms with Crippen LogP contribution in [0, 0.1) is 0 Å². The van der Waals surface area contributed by atoms with Crippen LogP contribution in [0.1, 0.15) is 117 Å². The summed E-state index contributed by atoms with van der Waals surface area (Å²) in [5.74, 6) is 0. The molecule has 0 unspecified atom stereocenters. The molecule has 0 aromatic rings. The number of rotatable bonds is 19. The quantitative estimate of drug-likeness (QED) is 0.0717. The maximum absolute atomic E-state index is 3.77. The fraction of sp³-hybridized carbons (Fsp3) is 1.00. The van der Waals surface area contributed by atoms with Crippen molar-refractivity contribution >= 4 is 15.9 Å². The Kier molecular flexibility index (Phi) is 24.4. The Labute approximate surface area is 185 Å². The lowest BCUT2D eigenvalue weighted by atomic mass is 10.1. The van der Waals surface area contributed by atoms with E-state index in [-0.39, 0.29) is 24.0 Å². The van der Waals surface area contributed by atoms with Gasteiger partial charge in [-0.3, -0.25) is 0 Å². The molecular weight excluding hydrogens is 485 g/mol. The van der Waals surface area contributed by atoms with Gasteiger partial charge in [-0.1, -0.05) is 90.9 Å². The Morgan fingerprint density at radius 3 is 1.08 bits per heavy atom. The standard InChI is InChI=1S/C22H47BrN.HI/c1-4-6-8-10-12-14-16-18-20-24(3,22-23)21-19-17-15-13-11-9-7-5-2;/h4-22H2,1-3H3;1H/q+1;/p-1. The van der Waals surface area contributed by atoms with Crippen LogP contribution in [0.2, 0.25) is 0 Å². The minimum atomic E-state index is 0. The molecule has 25 heavy (non-hydrogen) atoms. The fourth-order valence-corrected chi connectivity index (χ4v) is 3.99. The zero-order valence-corrected chi connectivity index (χ0v) is 21.4. The first-order chi connectivity index (χ1) is 11.7. The van der Waals surface area contributed by atoms with E-state index in [1.54, 1.807) is 0 Å². The first kappa shape index (κ1) is 28.4. The third-order valence-electron chi connectivity index (χ3n) is 5.39. The lowest BCUT2D eigenvalue weighted by molar-refractivity contribution is -0.896. The van der Waals surface area contributed by atoms with Crippen LogP contribution in [0.5, 0.6) is 0 Å². The van der Waals surface area contributed by atoms with E-state index in [1.807, 2.05) is 0 Å². The summed E-state index contributed by atoms with van der Waals surface area (Å²) in [7, 11) is 2.44. The minimum Gasteiger partial charge on any atom is -1.00 e. The van der Waals surface area contributed by atoms with Crippen molar-refractivity contribution in [2.24, 2.45) is 0 Å². The molecule has 1 nitrogen and oxygen atoms in total. The van der Waals surface area contributed by atoms with Crippen molar-refractivity contribution in [3.63, 3.8) is 0 Å². The second-order valence-corrected chi connectivity index (χ2v) is 8.64. The van der Waals surface area contributed by atoms with Gasteiger partial charge in [-0.25, -0.2) is 0 Å². The summed E-state index contributed by atoms with van der Waals surface area (Å²) in [5, 5.41) is 0.